The highest BCUT2D eigenvalue weighted by Gasteiger charge is 2.03. The Morgan fingerprint density at radius 3 is 2.55 bits per heavy atom. The Labute approximate surface area is 133 Å². The van der Waals surface area contributed by atoms with Gasteiger partial charge in [-0.1, -0.05) is 18.2 Å². The molecule has 0 radical (unpaired) electrons. The SMILES string of the molecule is COc1ccc(OCCSc2ncnc3ccccc23)cc1. The number of hydrogen-bond acceptors (Lipinski definition) is 5. The normalized spacial score (nSPS) is 10.6. The van der Waals surface area contributed by atoms with Gasteiger partial charge in [0, 0.05) is 11.1 Å². The fourth-order valence-electron chi connectivity index (χ4n) is 2.06. The molecule has 22 heavy (non-hydrogen) atoms. The van der Waals surface area contributed by atoms with Gasteiger partial charge in [0.25, 0.3) is 0 Å². The van der Waals surface area contributed by atoms with Gasteiger partial charge >= 0.3 is 0 Å². The van der Waals surface area contributed by atoms with E-state index in [0.29, 0.717) is 6.61 Å². The van der Waals surface area contributed by atoms with Crippen LogP contribution in [0.5, 0.6) is 11.5 Å². The van der Waals surface area contributed by atoms with Crippen LogP contribution in [-0.4, -0.2) is 29.4 Å². The van der Waals surface area contributed by atoms with Gasteiger partial charge in [0.2, 0.25) is 0 Å². The van der Waals surface area contributed by atoms with Crippen molar-refractivity contribution in [3.63, 3.8) is 0 Å². The van der Waals surface area contributed by atoms with E-state index >= 15 is 0 Å². The zero-order valence-corrected chi connectivity index (χ0v) is 13.0. The molecule has 0 fully saturated rings. The van der Waals surface area contributed by atoms with Crippen LogP contribution in [0.15, 0.2) is 59.9 Å². The molecule has 1 aromatic heterocycles. The van der Waals surface area contributed by atoms with Crippen LogP contribution in [0.4, 0.5) is 0 Å². The average Bonchev–Trinajstić information content (AvgIpc) is 2.59. The summed E-state index contributed by atoms with van der Waals surface area (Å²) in [6, 6.07) is 15.6. The molecule has 0 unspecified atom stereocenters. The van der Waals surface area contributed by atoms with Crippen molar-refractivity contribution in [1.82, 2.24) is 9.97 Å². The van der Waals surface area contributed by atoms with E-state index in [9.17, 15) is 0 Å². The van der Waals surface area contributed by atoms with E-state index in [1.807, 2.05) is 48.5 Å². The van der Waals surface area contributed by atoms with Crippen molar-refractivity contribution in [2.75, 3.05) is 19.5 Å². The van der Waals surface area contributed by atoms with Crippen LogP contribution in [-0.2, 0) is 0 Å². The summed E-state index contributed by atoms with van der Waals surface area (Å²) < 4.78 is 10.8. The van der Waals surface area contributed by atoms with Crippen LogP contribution >= 0.6 is 11.8 Å². The molecule has 5 heteroatoms. The molecule has 0 N–H and O–H groups in total. The van der Waals surface area contributed by atoms with Gasteiger partial charge in [-0.25, -0.2) is 9.97 Å². The van der Waals surface area contributed by atoms with E-state index < -0.39 is 0 Å². The van der Waals surface area contributed by atoms with E-state index in [-0.39, 0.29) is 0 Å². The maximum absolute atomic E-state index is 5.72. The lowest BCUT2D eigenvalue weighted by Gasteiger charge is -2.07. The second-order valence-electron chi connectivity index (χ2n) is 4.57. The highest BCUT2D eigenvalue weighted by atomic mass is 32.2. The average molecular weight is 312 g/mol. The summed E-state index contributed by atoms with van der Waals surface area (Å²) >= 11 is 1.68. The third-order valence-electron chi connectivity index (χ3n) is 3.16. The molecule has 0 aliphatic rings. The van der Waals surface area contributed by atoms with Crippen LogP contribution in [0.25, 0.3) is 10.9 Å². The van der Waals surface area contributed by atoms with Crippen LogP contribution < -0.4 is 9.47 Å². The first kappa shape index (κ1) is 14.7. The predicted octanol–water partition coefficient (Wildman–Crippen LogP) is 3.81. The second-order valence-corrected chi connectivity index (χ2v) is 5.65. The van der Waals surface area contributed by atoms with E-state index in [2.05, 4.69) is 9.97 Å². The van der Waals surface area contributed by atoms with Crippen LogP contribution in [0.2, 0.25) is 0 Å². The van der Waals surface area contributed by atoms with E-state index in [0.717, 1.165) is 33.2 Å². The summed E-state index contributed by atoms with van der Waals surface area (Å²) in [7, 11) is 1.65. The first-order valence-corrected chi connectivity index (χ1v) is 7.95. The smallest absolute Gasteiger partial charge is 0.119 e. The third kappa shape index (κ3) is 3.49. The molecule has 1 heterocycles. The quantitative estimate of drug-likeness (QED) is 0.393. The van der Waals surface area contributed by atoms with Crippen molar-refractivity contribution >= 4 is 22.7 Å². The van der Waals surface area contributed by atoms with E-state index in [1.54, 1.807) is 25.2 Å². The number of fused-ring (bicyclic) bond motifs is 1. The Morgan fingerprint density at radius 2 is 1.73 bits per heavy atom. The van der Waals surface area contributed by atoms with Gasteiger partial charge in [-0.3, -0.25) is 0 Å². The Bertz CT molecular complexity index is 742. The molecular formula is C17H16N2O2S. The lowest BCUT2D eigenvalue weighted by atomic mass is 10.2. The summed E-state index contributed by atoms with van der Waals surface area (Å²) in [6.07, 6.45) is 1.61. The Balaban J connectivity index is 1.56. The highest BCUT2D eigenvalue weighted by Crippen LogP contribution is 2.24. The van der Waals surface area contributed by atoms with Gasteiger partial charge in [-0.15, -0.1) is 11.8 Å². The van der Waals surface area contributed by atoms with Crippen molar-refractivity contribution < 1.29 is 9.47 Å². The topological polar surface area (TPSA) is 44.2 Å². The molecule has 0 saturated carbocycles. The zero-order chi connectivity index (χ0) is 15.2. The summed E-state index contributed by atoms with van der Waals surface area (Å²) in [4.78, 5) is 8.62. The van der Waals surface area contributed by atoms with Gasteiger partial charge < -0.3 is 9.47 Å². The molecule has 0 aliphatic carbocycles. The Morgan fingerprint density at radius 1 is 0.955 bits per heavy atom. The molecule has 3 rings (SSSR count). The maximum atomic E-state index is 5.72. The van der Waals surface area contributed by atoms with Gasteiger partial charge in [-0.2, -0.15) is 0 Å². The first-order chi connectivity index (χ1) is 10.9. The highest BCUT2D eigenvalue weighted by molar-refractivity contribution is 7.99. The van der Waals surface area contributed by atoms with E-state index in [1.165, 1.54) is 0 Å². The summed E-state index contributed by atoms with van der Waals surface area (Å²) in [6.45, 7) is 0.620. The number of nitrogens with zero attached hydrogens (tertiary/aromatic N) is 2. The molecule has 0 aliphatic heterocycles. The lowest BCUT2D eigenvalue weighted by molar-refractivity contribution is 0.342. The van der Waals surface area contributed by atoms with Crippen molar-refractivity contribution in [2.45, 2.75) is 5.03 Å². The minimum absolute atomic E-state index is 0.620. The molecule has 112 valence electrons. The van der Waals surface area contributed by atoms with Crippen LogP contribution in [0.1, 0.15) is 0 Å². The van der Waals surface area contributed by atoms with Gasteiger partial charge in [-0.05, 0) is 30.3 Å². The largest absolute Gasteiger partial charge is 0.497 e. The molecule has 0 amide bonds. The number of methoxy groups -OCH3 is 1. The van der Waals surface area contributed by atoms with Crippen LogP contribution in [0, 0.1) is 0 Å². The Kier molecular flexibility index (Phi) is 4.75. The first-order valence-electron chi connectivity index (χ1n) is 6.96. The fraction of sp³-hybridized carbons (Fsp3) is 0.176. The molecular weight excluding hydrogens is 296 g/mol. The molecule has 4 nitrogen and oxygen atoms in total. The van der Waals surface area contributed by atoms with Crippen molar-refractivity contribution in [1.29, 1.82) is 0 Å². The molecule has 3 aromatic rings. The predicted molar refractivity (Wildman–Crippen MR) is 88.8 cm³/mol. The minimum Gasteiger partial charge on any atom is -0.497 e. The van der Waals surface area contributed by atoms with Crippen molar-refractivity contribution in [2.24, 2.45) is 0 Å². The monoisotopic (exact) mass is 312 g/mol. The maximum Gasteiger partial charge on any atom is 0.119 e. The molecule has 0 atom stereocenters. The Hall–Kier alpha value is -2.27. The van der Waals surface area contributed by atoms with Crippen molar-refractivity contribution in [3.05, 3.63) is 54.9 Å². The van der Waals surface area contributed by atoms with Crippen molar-refractivity contribution in [3.8, 4) is 11.5 Å². The fourth-order valence-corrected chi connectivity index (χ4v) is 2.87. The summed E-state index contributed by atoms with van der Waals surface area (Å²) in [5, 5.41) is 2.07. The number of rotatable bonds is 6. The van der Waals surface area contributed by atoms with Crippen LogP contribution in [0.3, 0.4) is 0 Å². The van der Waals surface area contributed by atoms with E-state index in [4.69, 9.17) is 9.47 Å². The van der Waals surface area contributed by atoms with Gasteiger partial charge in [0.15, 0.2) is 0 Å². The van der Waals surface area contributed by atoms with Gasteiger partial charge in [0.1, 0.15) is 22.9 Å². The summed E-state index contributed by atoms with van der Waals surface area (Å²) in [5.41, 5.74) is 0.969. The lowest BCUT2D eigenvalue weighted by Crippen LogP contribution is -2.00. The molecule has 0 bridgehead atoms. The third-order valence-corrected chi connectivity index (χ3v) is 4.13. The molecule has 0 saturated heterocycles. The molecule has 0 spiro atoms. The number of benzene rings is 2. The standard InChI is InChI=1S/C17H16N2O2S/c1-20-13-6-8-14(9-7-13)21-10-11-22-17-15-4-2-3-5-16(15)18-12-19-17/h2-9,12H,10-11H2,1H3. The number of aromatic nitrogens is 2. The number of para-hydroxylation sites is 1. The number of thioether (sulfide) groups is 1. The zero-order valence-electron chi connectivity index (χ0n) is 12.2. The number of hydrogen-bond donors (Lipinski definition) is 0. The minimum atomic E-state index is 0.620. The number of ether oxygens (including phenoxy) is 2. The summed E-state index contributed by atoms with van der Waals surface area (Å²) in [5.74, 6) is 2.50. The molecule has 2 aromatic carbocycles. The van der Waals surface area contributed by atoms with Gasteiger partial charge in [0.05, 0.1) is 19.2 Å². The second kappa shape index (κ2) is 7.13.